The van der Waals surface area contributed by atoms with Crippen LogP contribution in [0.2, 0.25) is 5.02 Å². The Morgan fingerprint density at radius 3 is 2.38 bits per heavy atom. The summed E-state index contributed by atoms with van der Waals surface area (Å²) >= 11 is 6.10. The number of hydrogen-bond acceptors (Lipinski definition) is 3. The number of aryl methyl sites for hydroxylation is 2. The molecule has 1 aromatic carbocycles. The standard InChI is InChI=1S/C16H20ClNO3/c1-11-9-14(10-12(2)16(11)17)21-8-5-15(20)18-6-3-13(19)4-7-18/h9-10H,3-8H2,1-2H3. The number of rotatable bonds is 4. The molecule has 1 aliphatic heterocycles. The molecule has 0 aliphatic carbocycles. The molecule has 1 fully saturated rings. The third-order valence-electron chi connectivity index (χ3n) is 3.67. The summed E-state index contributed by atoms with van der Waals surface area (Å²) in [6.45, 7) is 5.27. The van der Waals surface area contributed by atoms with Gasteiger partial charge in [-0.05, 0) is 37.1 Å². The largest absolute Gasteiger partial charge is 0.493 e. The van der Waals surface area contributed by atoms with Crippen LogP contribution < -0.4 is 4.74 Å². The average molecular weight is 310 g/mol. The van der Waals surface area contributed by atoms with Crippen LogP contribution in [0.25, 0.3) is 0 Å². The van der Waals surface area contributed by atoms with Gasteiger partial charge in [-0.1, -0.05) is 11.6 Å². The molecule has 0 radical (unpaired) electrons. The fourth-order valence-electron chi connectivity index (χ4n) is 2.41. The molecule has 1 saturated heterocycles. The van der Waals surface area contributed by atoms with E-state index in [0.29, 0.717) is 39.0 Å². The monoisotopic (exact) mass is 309 g/mol. The van der Waals surface area contributed by atoms with Gasteiger partial charge >= 0.3 is 0 Å². The molecule has 0 bridgehead atoms. The van der Waals surface area contributed by atoms with Gasteiger partial charge in [-0.2, -0.15) is 0 Å². The van der Waals surface area contributed by atoms with Gasteiger partial charge < -0.3 is 9.64 Å². The highest BCUT2D eigenvalue weighted by Gasteiger charge is 2.20. The van der Waals surface area contributed by atoms with Gasteiger partial charge in [0.25, 0.3) is 0 Å². The summed E-state index contributed by atoms with van der Waals surface area (Å²) < 4.78 is 5.63. The maximum Gasteiger partial charge on any atom is 0.226 e. The van der Waals surface area contributed by atoms with Crippen molar-refractivity contribution in [2.24, 2.45) is 0 Å². The Kier molecular flexibility index (Phi) is 5.23. The summed E-state index contributed by atoms with van der Waals surface area (Å²) in [5.74, 6) is 1.02. The number of likely N-dealkylation sites (tertiary alicyclic amines) is 1. The van der Waals surface area contributed by atoms with Crippen LogP contribution in [-0.2, 0) is 9.59 Å². The highest BCUT2D eigenvalue weighted by atomic mass is 35.5. The fraction of sp³-hybridized carbons (Fsp3) is 0.500. The minimum atomic E-state index is 0.0462. The van der Waals surface area contributed by atoms with Crippen molar-refractivity contribution >= 4 is 23.3 Å². The topological polar surface area (TPSA) is 46.6 Å². The van der Waals surface area contributed by atoms with Gasteiger partial charge in [0, 0.05) is 31.0 Å². The summed E-state index contributed by atoms with van der Waals surface area (Å²) in [6, 6.07) is 3.75. The lowest BCUT2D eigenvalue weighted by atomic mass is 10.1. The van der Waals surface area contributed by atoms with Crippen LogP contribution in [0.15, 0.2) is 12.1 Å². The number of piperidine rings is 1. The summed E-state index contributed by atoms with van der Waals surface area (Å²) in [5, 5.41) is 0.747. The summed E-state index contributed by atoms with van der Waals surface area (Å²) in [5.41, 5.74) is 1.93. The Morgan fingerprint density at radius 1 is 1.24 bits per heavy atom. The molecule has 2 rings (SSSR count). The van der Waals surface area contributed by atoms with E-state index in [1.807, 2.05) is 26.0 Å². The quantitative estimate of drug-likeness (QED) is 0.859. The molecule has 0 unspecified atom stereocenters. The van der Waals surface area contributed by atoms with E-state index in [4.69, 9.17) is 16.3 Å². The van der Waals surface area contributed by atoms with E-state index in [0.717, 1.165) is 21.9 Å². The molecule has 4 nitrogen and oxygen atoms in total. The summed E-state index contributed by atoms with van der Waals surface area (Å²) in [6.07, 6.45) is 1.28. The number of nitrogens with zero attached hydrogens (tertiary/aromatic N) is 1. The zero-order chi connectivity index (χ0) is 15.4. The van der Waals surface area contributed by atoms with Gasteiger partial charge in [-0.25, -0.2) is 0 Å². The average Bonchev–Trinajstić information content (AvgIpc) is 2.45. The highest BCUT2D eigenvalue weighted by Crippen LogP contribution is 2.25. The van der Waals surface area contributed by atoms with Gasteiger partial charge in [0.15, 0.2) is 0 Å². The number of Topliss-reactive ketones (excluding diaryl/α,β-unsaturated/α-hetero) is 1. The van der Waals surface area contributed by atoms with Crippen LogP contribution in [0.5, 0.6) is 5.75 Å². The first-order chi connectivity index (χ1) is 9.97. The van der Waals surface area contributed by atoms with Crippen LogP contribution in [0.4, 0.5) is 0 Å². The second-order valence-corrected chi connectivity index (χ2v) is 5.77. The molecule has 114 valence electrons. The minimum Gasteiger partial charge on any atom is -0.493 e. The molecule has 21 heavy (non-hydrogen) atoms. The SMILES string of the molecule is Cc1cc(OCCC(=O)N2CCC(=O)CC2)cc(C)c1Cl. The van der Waals surface area contributed by atoms with E-state index in [9.17, 15) is 9.59 Å². The first-order valence-electron chi connectivity index (χ1n) is 7.16. The first-order valence-corrected chi connectivity index (χ1v) is 7.54. The lowest BCUT2D eigenvalue weighted by molar-refractivity contribution is -0.134. The molecule has 0 aromatic heterocycles. The van der Waals surface area contributed by atoms with E-state index in [1.54, 1.807) is 4.90 Å². The lowest BCUT2D eigenvalue weighted by Gasteiger charge is -2.26. The number of carbonyl (C=O) groups excluding carboxylic acids is 2. The van der Waals surface area contributed by atoms with Crippen LogP contribution >= 0.6 is 11.6 Å². The third kappa shape index (κ3) is 4.21. The van der Waals surface area contributed by atoms with Crippen molar-refractivity contribution < 1.29 is 14.3 Å². The smallest absolute Gasteiger partial charge is 0.226 e. The molecular formula is C16H20ClNO3. The van der Waals surface area contributed by atoms with Crippen molar-refractivity contribution in [3.05, 3.63) is 28.3 Å². The van der Waals surface area contributed by atoms with E-state index in [2.05, 4.69) is 0 Å². The fourth-order valence-corrected chi connectivity index (χ4v) is 2.52. The van der Waals surface area contributed by atoms with Crippen molar-refractivity contribution in [1.82, 2.24) is 4.90 Å². The van der Waals surface area contributed by atoms with Gasteiger partial charge in [0.2, 0.25) is 5.91 Å². The number of carbonyl (C=O) groups is 2. The minimum absolute atomic E-state index is 0.0462. The third-order valence-corrected chi connectivity index (χ3v) is 4.26. The first kappa shape index (κ1) is 15.8. The molecule has 5 heteroatoms. The number of hydrogen-bond donors (Lipinski definition) is 0. The molecule has 0 saturated carbocycles. The zero-order valence-corrected chi connectivity index (χ0v) is 13.2. The van der Waals surface area contributed by atoms with E-state index in [-0.39, 0.29) is 11.7 Å². The molecule has 1 aliphatic rings. The molecule has 1 aromatic rings. The van der Waals surface area contributed by atoms with Crippen LogP contribution in [0.3, 0.4) is 0 Å². The molecular weight excluding hydrogens is 290 g/mol. The molecule has 1 heterocycles. The Hall–Kier alpha value is -1.55. The normalized spacial score (nSPS) is 15.2. The summed E-state index contributed by atoms with van der Waals surface area (Å²) in [4.78, 5) is 24.9. The maximum absolute atomic E-state index is 12.0. The van der Waals surface area contributed by atoms with Crippen LogP contribution in [0, 0.1) is 13.8 Å². The van der Waals surface area contributed by atoms with E-state index >= 15 is 0 Å². The van der Waals surface area contributed by atoms with Crippen LogP contribution in [-0.4, -0.2) is 36.3 Å². The predicted octanol–water partition coefficient (Wildman–Crippen LogP) is 2.92. The lowest BCUT2D eigenvalue weighted by Crippen LogP contribution is -2.39. The van der Waals surface area contributed by atoms with Crippen molar-refractivity contribution in [3.8, 4) is 5.75 Å². The zero-order valence-electron chi connectivity index (χ0n) is 12.4. The van der Waals surface area contributed by atoms with Crippen molar-refractivity contribution in [3.63, 3.8) is 0 Å². The summed E-state index contributed by atoms with van der Waals surface area (Å²) in [7, 11) is 0. The van der Waals surface area contributed by atoms with Gasteiger partial charge in [-0.3, -0.25) is 9.59 Å². The Balaban J connectivity index is 1.81. The van der Waals surface area contributed by atoms with Crippen molar-refractivity contribution in [1.29, 1.82) is 0 Å². The second-order valence-electron chi connectivity index (χ2n) is 5.39. The van der Waals surface area contributed by atoms with Gasteiger partial charge in [-0.15, -0.1) is 0 Å². The Labute approximate surface area is 130 Å². The second kappa shape index (κ2) is 6.94. The number of ether oxygens (including phenoxy) is 1. The molecule has 0 N–H and O–H groups in total. The highest BCUT2D eigenvalue weighted by molar-refractivity contribution is 6.32. The number of ketones is 1. The van der Waals surface area contributed by atoms with Gasteiger partial charge in [0.1, 0.15) is 11.5 Å². The van der Waals surface area contributed by atoms with E-state index < -0.39 is 0 Å². The van der Waals surface area contributed by atoms with Gasteiger partial charge in [0.05, 0.1) is 13.0 Å². The molecule has 0 atom stereocenters. The number of benzene rings is 1. The molecule has 1 amide bonds. The molecule has 0 spiro atoms. The van der Waals surface area contributed by atoms with Crippen molar-refractivity contribution in [2.45, 2.75) is 33.1 Å². The van der Waals surface area contributed by atoms with E-state index in [1.165, 1.54) is 0 Å². The van der Waals surface area contributed by atoms with Crippen LogP contribution in [0.1, 0.15) is 30.4 Å². The Bertz CT molecular complexity index is 523. The Morgan fingerprint density at radius 2 is 1.81 bits per heavy atom. The number of amides is 1. The predicted molar refractivity (Wildman–Crippen MR) is 81.9 cm³/mol. The van der Waals surface area contributed by atoms with Crippen molar-refractivity contribution in [2.75, 3.05) is 19.7 Å². The maximum atomic E-state index is 12.0. The number of halogens is 1.